The van der Waals surface area contributed by atoms with Crippen LogP contribution in [0.1, 0.15) is 5.56 Å². The summed E-state index contributed by atoms with van der Waals surface area (Å²) >= 11 is 0. The molecule has 1 N–H and O–H groups in total. The van der Waals surface area contributed by atoms with Crippen LogP contribution in [0.5, 0.6) is 0 Å². The molecule has 0 saturated heterocycles. The van der Waals surface area contributed by atoms with Gasteiger partial charge in [0, 0.05) is 24.2 Å². The molecule has 0 aliphatic rings. The second-order valence-corrected chi connectivity index (χ2v) is 6.46. The summed E-state index contributed by atoms with van der Waals surface area (Å²) in [5, 5.41) is 4.85. The van der Waals surface area contributed by atoms with E-state index in [2.05, 4.69) is 23.0 Å². The molecule has 27 heavy (non-hydrogen) atoms. The van der Waals surface area contributed by atoms with E-state index >= 15 is 0 Å². The fraction of sp³-hybridized carbons (Fsp3) is 0.0455. The summed E-state index contributed by atoms with van der Waals surface area (Å²) in [6, 6.07) is 20.2. The maximum Gasteiger partial charge on any atom is 0.142 e. The topological polar surface area (TPSA) is 59.4 Å². The molecule has 0 spiro atoms. The highest BCUT2D eigenvalue weighted by atomic mass is 15.3. The second kappa shape index (κ2) is 6.21. The number of pyridine rings is 1. The zero-order chi connectivity index (χ0) is 18.2. The van der Waals surface area contributed by atoms with Gasteiger partial charge in [-0.1, -0.05) is 30.3 Å². The van der Waals surface area contributed by atoms with Crippen LogP contribution >= 0.6 is 0 Å². The van der Waals surface area contributed by atoms with Crippen molar-refractivity contribution in [2.45, 2.75) is 6.92 Å². The second-order valence-electron chi connectivity index (χ2n) is 6.46. The number of fused-ring (bicyclic) bond motifs is 1. The Bertz CT molecular complexity index is 1220. The Hall–Kier alpha value is -3.73. The highest BCUT2D eigenvalue weighted by Crippen LogP contribution is 2.31. The standard InChI is InChI=1S/C22H17N5/c1-15-6-5-9-19-20(15)25-22(24-19)18-14-27(17-7-3-2-4-8-17)26-21(18)16-10-12-23-13-11-16/h2-14H,1H3,(H,24,25). The van der Waals surface area contributed by atoms with Crippen LogP contribution in [0, 0.1) is 6.92 Å². The number of hydrogen-bond donors (Lipinski definition) is 1. The molecule has 5 nitrogen and oxygen atoms in total. The van der Waals surface area contributed by atoms with Crippen molar-refractivity contribution in [3.63, 3.8) is 0 Å². The summed E-state index contributed by atoms with van der Waals surface area (Å²) in [4.78, 5) is 12.4. The number of hydrogen-bond acceptors (Lipinski definition) is 3. The van der Waals surface area contributed by atoms with Gasteiger partial charge in [0.25, 0.3) is 0 Å². The summed E-state index contributed by atoms with van der Waals surface area (Å²) in [5.41, 5.74) is 7.01. The van der Waals surface area contributed by atoms with E-state index in [1.807, 2.05) is 65.5 Å². The van der Waals surface area contributed by atoms with Gasteiger partial charge in [0.15, 0.2) is 0 Å². The SMILES string of the molecule is Cc1cccc2[nH]c(-c3cn(-c4ccccc4)nc3-c3ccncc3)nc12. The fourth-order valence-corrected chi connectivity index (χ4v) is 3.29. The average Bonchev–Trinajstić information content (AvgIpc) is 3.35. The van der Waals surface area contributed by atoms with Crippen molar-refractivity contribution >= 4 is 11.0 Å². The van der Waals surface area contributed by atoms with E-state index in [9.17, 15) is 0 Å². The van der Waals surface area contributed by atoms with Crippen molar-refractivity contribution in [1.82, 2.24) is 24.7 Å². The first-order chi connectivity index (χ1) is 13.3. The Labute approximate surface area is 156 Å². The molecule has 5 heteroatoms. The Morgan fingerprint density at radius 1 is 0.889 bits per heavy atom. The number of rotatable bonds is 3. The van der Waals surface area contributed by atoms with Crippen LogP contribution in [0.15, 0.2) is 79.3 Å². The summed E-state index contributed by atoms with van der Waals surface area (Å²) < 4.78 is 1.89. The highest BCUT2D eigenvalue weighted by molar-refractivity contribution is 5.85. The number of nitrogens with one attached hydrogen (secondary N) is 1. The van der Waals surface area contributed by atoms with E-state index in [1.165, 1.54) is 0 Å². The zero-order valence-electron chi connectivity index (χ0n) is 14.8. The van der Waals surface area contributed by atoms with Crippen molar-refractivity contribution in [2.24, 2.45) is 0 Å². The van der Waals surface area contributed by atoms with Crippen molar-refractivity contribution in [2.75, 3.05) is 0 Å². The van der Waals surface area contributed by atoms with E-state index in [4.69, 9.17) is 10.1 Å². The van der Waals surface area contributed by atoms with Crippen LogP contribution in [0.4, 0.5) is 0 Å². The van der Waals surface area contributed by atoms with Gasteiger partial charge in [0.2, 0.25) is 0 Å². The summed E-state index contributed by atoms with van der Waals surface area (Å²) in [5.74, 6) is 0.813. The molecule has 0 radical (unpaired) electrons. The number of imidazole rings is 1. The normalized spacial score (nSPS) is 11.1. The Morgan fingerprint density at radius 2 is 1.70 bits per heavy atom. The average molecular weight is 351 g/mol. The zero-order valence-corrected chi connectivity index (χ0v) is 14.8. The number of aromatic amines is 1. The molecule has 0 aliphatic carbocycles. The lowest BCUT2D eigenvalue weighted by atomic mass is 10.1. The third-order valence-corrected chi connectivity index (χ3v) is 4.66. The van der Waals surface area contributed by atoms with Gasteiger partial charge in [0.1, 0.15) is 11.5 Å². The van der Waals surface area contributed by atoms with Crippen LogP contribution in [0.3, 0.4) is 0 Å². The molecule has 0 atom stereocenters. The summed E-state index contributed by atoms with van der Waals surface area (Å²) in [7, 11) is 0. The van der Waals surface area contributed by atoms with Crippen LogP contribution in [0.25, 0.3) is 39.4 Å². The number of aromatic nitrogens is 5. The van der Waals surface area contributed by atoms with Gasteiger partial charge in [-0.15, -0.1) is 0 Å². The minimum Gasteiger partial charge on any atom is -0.338 e. The molecule has 130 valence electrons. The molecule has 3 heterocycles. The van der Waals surface area contributed by atoms with Gasteiger partial charge < -0.3 is 4.98 Å². The van der Waals surface area contributed by atoms with Gasteiger partial charge >= 0.3 is 0 Å². The van der Waals surface area contributed by atoms with E-state index in [-0.39, 0.29) is 0 Å². The molecule has 0 bridgehead atoms. The number of para-hydroxylation sites is 2. The summed E-state index contributed by atoms with van der Waals surface area (Å²) in [6.45, 7) is 2.07. The predicted octanol–water partition coefficient (Wildman–Crippen LogP) is 4.79. The molecule has 5 rings (SSSR count). The molecule has 5 aromatic rings. The first-order valence-electron chi connectivity index (χ1n) is 8.81. The highest BCUT2D eigenvalue weighted by Gasteiger charge is 2.17. The van der Waals surface area contributed by atoms with E-state index < -0.39 is 0 Å². The van der Waals surface area contributed by atoms with Crippen molar-refractivity contribution in [1.29, 1.82) is 0 Å². The number of nitrogens with zero attached hydrogens (tertiary/aromatic N) is 4. The molecule has 0 fully saturated rings. The van der Waals surface area contributed by atoms with Gasteiger partial charge in [-0.05, 0) is 42.8 Å². The molecule has 0 unspecified atom stereocenters. The van der Waals surface area contributed by atoms with E-state index in [0.717, 1.165) is 44.9 Å². The molecular formula is C22H17N5. The van der Waals surface area contributed by atoms with Crippen molar-refractivity contribution in [3.05, 3.63) is 84.8 Å². The lowest BCUT2D eigenvalue weighted by Gasteiger charge is -2.00. The van der Waals surface area contributed by atoms with Crippen LogP contribution in [0.2, 0.25) is 0 Å². The summed E-state index contributed by atoms with van der Waals surface area (Å²) in [6.07, 6.45) is 5.59. The maximum absolute atomic E-state index is 4.85. The van der Waals surface area contributed by atoms with Gasteiger partial charge in [-0.2, -0.15) is 5.10 Å². The predicted molar refractivity (Wildman–Crippen MR) is 107 cm³/mol. The third kappa shape index (κ3) is 2.69. The Morgan fingerprint density at radius 3 is 2.48 bits per heavy atom. The van der Waals surface area contributed by atoms with Crippen LogP contribution in [-0.4, -0.2) is 24.7 Å². The maximum atomic E-state index is 4.85. The quantitative estimate of drug-likeness (QED) is 0.508. The molecule has 0 saturated carbocycles. The first-order valence-corrected chi connectivity index (χ1v) is 8.81. The monoisotopic (exact) mass is 351 g/mol. The van der Waals surface area contributed by atoms with E-state index in [1.54, 1.807) is 12.4 Å². The molecule has 0 aliphatic heterocycles. The lowest BCUT2D eigenvalue weighted by Crippen LogP contribution is -1.93. The first kappa shape index (κ1) is 15.5. The largest absolute Gasteiger partial charge is 0.338 e. The smallest absolute Gasteiger partial charge is 0.142 e. The number of aryl methyl sites for hydroxylation is 1. The van der Waals surface area contributed by atoms with Crippen LogP contribution < -0.4 is 0 Å². The molecule has 2 aromatic carbocycles. The van der Waals surface area contributed by atoms with Crippen molar-refractivity contribution in [3.8, 4) is 28.3 Å². The molecule has 0 amide bonds. The van der Waals surface area contributed by atoms with E-state index in [0.29, 0.717) is 0 Å². The fourth-order valence-electron chi connectivity index (χ4n) is 3.29. The van der Waals surface area contributed by atoms with Gasteiger partial charge in [-0.3, -0.25) is 4.98 Å². The van der Waals surface area contributed by atoms with Gasteiger partial charge in [-0.25, -0.2) is 9.67 Å². The molecule has 3 aromatic heterocycles. The molecular weight excluding hydrogens is 334 g/mol. The van der Waals surface area contributed by atoms with Gasteiger partial charge in [0.05, 0.1) is 22.3 Å². The lowest BCUT2D eigenvalue weighted by molar-refractivity contribution is 0.884. The van der Waals surface area contributed by atoms with Crippen molar-refractivity contribution < 1.29 is 0 Å². The van der Waals surface area contributed by atoms with Crippen LogP contribution in [-0.2, 0) is 0 Å². The number of H-pyrrole nitrogens is 1. The third-order valence-electron chi connectivity index (χ3n) is 4.66. The minimum atomic E-state index is 0.813. The Balaban J connectivity index is 1.74. The minimum absolute atomic E-state index is 0.813. The Kier molecular flexibility index (Phi) is 3.57. The number of benzene rings is 2.